The van der Waals surface area contributed by atoms with E-state index in [9.17, 15) is 4.79 Å². The van der Waals surface area contributed by atoms with Crippen LogP contribution < -0.4 is 10.1 Å². The van der Waals surface area contributed by atoms with Gasteiger partial charge in [0, 0.05) is 33.8 Å². The molecule has 1 heterocycles. The average Bonchev–Trinajstić information content (AvgIpc) is 2.98. The number of hydrogen-bond donors (Lipinski definition) is 1. The quantitative estimate of drug-likeness (QED) is 0.595. The summed E-state index contributed by atoms with van der Waals surface area (Å²) >= 11 is 6.11. The lowest BCUT2D eigenvalue weighted by atomic mass is 10.0. The van der Waals surface area contributed by atoms with Crippen LogP contribution in [0.1, 0.15) is 23.6 Å². The van der Waals surface area contributed by atoms with E-state index in [1.165, 1.54) is 0 Å². The zero-order chi connectivity index (χ0) is 18.8. The number of carbonyl (C=O) groups excluding carboxylic acids is 1. The predicted octanol–water partition coefficient (Wildman–Crippen LogP) is 5.75. The molecule has 0 radical (unpaired) electrons. The van der Waals surface area contributed by atoms with Gasteiger partial charge in [-0.1, -0.05) is 17.7 Å². The third kappa shape index (κ3) is 3.46. The first-order valence-corrected chi connectivity index (χ1v) is 8.59. The molecule has 2 aromatic carbocycles. The fourth-order valence-electron chi connectivity index (χ4n) is 2.85. The van der Waals surface area contributed by atoms with Crippen LogP contribution in [-0.4, -0.2) is 13.0 Å². The van der Waals surface area contributed by atoms with Crippen molar-refractivity contribution in [2.45, 2.75) is 20.8 Å². The van der Waals surface area contributed by atoms with Crippen LogP contribution in [0, 0.1) is 13.8 Å². The van der Waals surface area contributed by atoms with E-state index in [4.69, 9.17) is 20.8 Å². The molecule has 1 N–H and O–H groups in total. The molecule has 1 aromatic heterocycles. The first-order valence-electron chi connectivity index (χ1n) is 8.21. The highest BCUT2D eigenvalue weighted by Gasteiger charge is 2.13. The van der Waals surface area contributed by atoms with Crippen molar-refractivity contribution in [2.75, 3.05) is 12.4 Å². The number of aryl methyl sites for hydroxylation is 1. The van der Waals surface area contributed by atoms with Crippen LogP contribution in [0.3, 0.4) is 0 Å². The number of benzene rings is 2. The maximum atomic E-state index is 12.4. The highest BCUT2D eigenvalue weighted by Crippen LogP contribution is 2.33. The number of rotatable bonds is 4. The lowest BCUT2D eigenvalue weighted by Gasteiger charge is -2.11. The van der Waals surface area contributed by atoms with Crippen molar-refractivity contribution in [3.63, 3.8) is 0 Å². The number of amides is 1. The highest BCUT2D eigenvalue weighted by atomic mass is 35.5. The van der Waals surface area contributed by atoms with Gasteiger partial charge in [-0.25, -0.2) is 0 Å². The zero-order valence-corrected chi connectivity index (χ0v) is 15.9. The second-order valence-electron chi connectivity index (χ2n) is 6.20. The van der Waals surface area contributed by atoms with Crippen molar-refractivity contribution in [1.29, 1.82) is 0 Å². The topological polar surface area (TPSA) is 51.5 Å². The molecule has 0 fully saturated rings. The minimum atomic E-state index is -0.223. The lowest BCUT2D eigenvalue weighted by Crippen LogP contribution is -2.10. The molecule has 0 aliphatic rings. The molecule has 3 aromatic rings. The van der Waals surface area contributed by atoms with E-state index >= 15 is 0 Å². The van der Waals surface area contributed by atoms with Crippen LogP contribution in [0.5, 0.6) is 5.75 Å². The first kappa shape index (κ1) is 18.1. The Morgan fingerprint density at radius 1 is 1.27 bits per heavy atom. The molecule has 0 aliphatic carbocycles. The Balaban J connectivity index is 1.93. The predicted molar refractivity (Wildman–Crippen MR) is 106 cm³/mol. The summed E-state index contributed by atoms with van der Waals surface area (Å²) in [6.45, 7) is 5.73. The number of carbonyl (C=O) groups is 1. The Hall–Kier alpha value is -2.72. The van der Waals surface area contributed by atoms with Crippen molar-refractivity contribution in [3.05, 3.63) is 64.4 Å². The molecule has 0 unspecified atom stereocenters. The number of hydrogen-bond acceptors (Lipinski definition) is 3. The van der Waals surface area contributed by atoms with Gasteiger partial charge < -0.3 is 14.5 Å². The van der Waals surface area contributed by atoms with Crippen molar-refractivity contribution < 1.29 is 13.9 Å². The second kappa shape index (κ2) is 7.26. The van der Waals surface area contributed by atoms with Gasteiger partial charge in [-0.05, 0) is 55.7 Å². The molecule has 0 aliphatic heterocycles. The van der Waals surface area contributed by atoms with E-state index in [2.05, 4.69) is 5.32 Å². The Morgan fingerprint density at radius 2 is 2.04 bits per heavy atom. The summed E-state index contributed by atoms with van der Waals surface area (Å²) in [5.41, 5.74) is 4.97. The molecular weight excluding hydrogens is 350 g/mol. The Labute approximate surface area is 157 Å². The Kier molecular flexibility index (Phi) is 5.05. The van der Waals surface area contributed by atoms with Crippen molar-refractivity contribution in [3.8, 4) is 5.75 Å². The summed E-state index contributed by atoms with van der Waals surface area (Å²) in [6.07, 6.45) is 3.26. The van der Waals surface area contributed by atoms with Gasteiger partial charge in [-0.15, -0.1) is 0 Å². The second-order valence-corrected chi connectivity index (χ2v) is 6.60. The molecular formula is C21H20ClNO3. The minimum Gasteiger partial charge on any atom is -0.496 e. The number of nitrogens with one attached hydrogen (secondary N) is 1. The maximum absolute atomic E-state index is 12.4. The summed E-state index contributed by atoms with van der Waals surface area (Å²) in [7, 11) is 1.60. The van der Waals surface area contributed by atoms with Gasteiger partial charge in [0.1, 0.15) is 11.3 Å². The average molecular weight is 370 g/mol. The molecule has 134 valence electrons. The summed E-state index contributed by atoms with van der Waals surface area (Å²) < 4.78 is 11.0. The van der Waals surface area contributed by atoms with Gasteiger partial charge in [-0.3, -0.25) is 4.79 Å². The van der Waals surface area contributed by atoms with Gasteiger partial charge in [0.15, 0.2) is 0 Å². The maximum Gasteiger partial charge on any atom is 0.248 e. The summed E-state index contributed by atoms with van der Waals surface area (Å²) in [5, 5.41) is 4.49. The van der Waals surface area contributed by atoms with Crippen molar-refractivity contribution in [2.24, 2.45) is 0 Å². The van der Waals surface area contributed by atoms with Gasteiger partial charge in [-0.2, -0.15) is 0 Å². The van der Waals surface area contributed by atoms with Crippen molar-refractivity contribution in [1.82, 2.24) is 0 Å². The fraction of sp³-hybridized carbons (Fsp3) is 0.190. The Morgan fingerprint density at radius 3 is 2.77 bits per heavy atom. The number of furan rings is 1. The van der Waals surface area contributed by atoms with E-state index in [1.54, 1.807) is 31.6 Å². The smallest absolute Gasteiger partial charge is 0.248 e. The number of anilines is 1. The zero-order valence-electron chi connectivity index (χ0n) is 15.1. The van der Waals surface area contributed by atoms with Gasteiger partial charge in [0.05, 0.1) is 13.4 Å². The molecule has 0 saturated carbocycles. The molecule has 26 heavy (non-hydrogen) atoms. The van der Waals surface area contributed by atoms with Crippen molar-refractivity contribution >= 4 is 39.7 Å². The molecule has 4 nitrogen and oxygen atoms in total. The number of fused-ring (bicyclic) bond motifs is 1. The van der Waals surface area contributed by atoms with E-state index in [-0.39, 0.29) is 5.91 Å². The number of allylic oxidation sites excluding steroid dienone is 1. The van der Waals surface area contributed by atoms with Gasteiger partial charge in [0.2, 0.25) is 5.91 Å². The molecule has 5 heteroatoms. The van der Waals surface area contributed by atoms with Crippen LogP contribution >= 0.6 is 11.6 Å². The van der Waals surface area contributed by atoms with Crippen LogP contribution in [-0.2, 0) is 4.79 Å². The largest absolute Gasteiger partial charge is 0.496 e. The number of ether oxygens (including phenoxy) is 1. The van der Waals surface area contributed by atoms with Crippen LogP contribution in [0.2, 0.25) is 5.02 Å². The first-order chi connectivity index (χ1) is 12.4. The summed E-state index contributed by atoms with van der Waals surface area (Å²) in [5.74, 6) is 0.436. The van der Waals surface area contributed by atoms with Crippen LogP contribution in [0.15, 0.2) is 47.1 Å². The van der Waals surface area contributed by atoms with E-state index in [0.717, 1.165) is 33.2 Å². The SMILES string of the molecule is COc1cc2occ(C)c2cc1/C(C)=C/C(=O)Nc1cccc(Cl)c1C. The molecule has 1 amide bonds. The fourth-order valence-corrected chi connectivity index (χ4v) is 3.02. The monoisotopic (exact) mass is 369 g/mol. The normalized spacial score (nSPS) is 11.7. The van der Waals surface area contributed by atoms with E-state index in [1.807, 2.05) is 39.0 Å². The molecule has 0 bridgehead atoms. The standard InChI is InChI=1S/C21H20ClNO3/c1-12(8-21(24)23-18-7-5-6-17(22)14(18)3)15-9-16-13(2)11-26-20(16)10-19(15)25-4/h5-11H,1-4H3,(H,23,24)/b12-8+. The summed E-state index contributed by atoms with van der Waals surface area (Å²) in [4.78, 5) is 12.4. The van der Waals surface area contributed by atoms with Gasteiger partial charge in [0.25, 0.3) is 0 Å². The van der Waals surface area contributed by atoms with Gasteiger partial charge >= 0.3 is 0 Å². The third-order valence-corrected chi connectivity index (χ3v) is 4.80. The Bertz CT molecular complexity index is 1020. The van der Waals surface area contributed by atoms with E-state index in [0.29, 0.717) is 16.5 Å². The minimum absolute atomic E-state index is 0.223. The number of halogens is 1. The van der Waals surface area contributed by atoms with E-state index < -0.39 is 0 Å². The molecule has 0 atom stereocenters. The molecule has 3 rings (SSSR count). The highest BCUT2D eigenvalue weighted by molar-refractivity contribution is 6.31. The van der Waals surface area contributed by atoms with Crippen LogP contribution in [0.25, 0.3) is 16.5 Å². The molecule has 0 saturated heterocycles. The number of methoxy groups -OCH3 is 1. The van der Waals surface area contributed by atoms with Crippen LogP contribution in [0.4, 0.5) is 5.69 Å². The third-order valence-electron chi connectivity index (χ3n) is 4.39. The summed E-state index contributed by atoms with van der Waals surface area (Å²) in [6, 6.07) is 9.25. The molecule has 0 spiro atoms. The lowest BCUT2D eigenvalue weighted by molar-refractivity contribution is -0.111.